The van der Waals surface area contributed by atoms with Crippen molar-refractivity contribution in [3.8, 4) is 0 Å². The minimum absolute atomic E-state index is 0.272. The quantitative estimate of drug-likeness (QED) is 0.947. The molecule has 1 aromatic carbocycles. The molecule has 0 saturated carbocycles. The SMILES string of the molecule is CC(C)(O)c1cn(Cc2cc(Br)ccc2F)nn1. The molecule has 96 valence electrons. The van der Waals surface area contributed by atoms with Gasteiger partial charge in [0.15, 0.2) is 0 Å². The topological polar surface area (TPSA) is 50.9 Å². The lowest BCUT2D eigenvalue weighted by molar-refractivity contribution is 0.0737. The van der Waals surface area contributed by atoms with Crippen molar-refractivity contribution in [3.63, 3.8) is 0 Å². The highest BCUT2D eigenvalue weighted by Crippen LogP contribution is 2.18. The zero-order chi connectivity index (χ0) is 13.3. The van der Waals surface area contributed by atoms with E-state index in [-0.39, 0.29) is 12.4 Å². The first-order valence-corrected chi connectivity index (χ1v) is 6.22. The van der Waals surface area contributed by atoms with Crippen LogP contribution >= 0.6 is 15.9 Å². The summed E-state index contributed by atoms with van der Waals surface area (Å²) in [6.07, 6.45) is 1.61. The normalized spacial score (nSPS) is 11.8. The number of aliphatic hydroxyl groups is 1. The van der Waals surface area contributed by atoms with E-state index in [9.17, 15) is 9.50 Å². The van der Waals surface area contributed by atoms with Crippen LogP contribution in [0.2, 0.25) is 0 Å². The Hall–Kier alpha value is -1.27. The average Bonchev–Trinajstić information content (AvgIpc) is 2.71. The summed E-state index contributed by atoms with van der Waals surface area (Å²) in [6.45, 7) is 3.52. The Bertz CT molecular complexity index is 563. The van der Waals surface area contributed by atoms with Gasteiger partial charge in [-0.25, -0.2) is 9.07 Å². The summed E-state index contributed by atoms with van der Waals surface area (Å²) >= 11 is 3.29. The second kappa shape index (κ2) is 4.78. The number of hydrogen-bond acceptors (Lipinski definition) is 3. The van der Waals surface area contributed by atoms with Gasteiger partial charge < -0.3 is 5.11 Å². The molecule has 4 nitrogen and oxygen atoms in total. The molecule has 0 radical (unpaired) electrons. The van der Waals surface area contributed by atoms with Crippen molar-refractivity contribution in [2.75, 3.05) is 0 Å². The molecule has 1 aromatic heterocycles. The summed E-state index contributed by atoms with van der Waals surface area (Å²) < 4.78 is 15.9. The molecule has 0 bridgehead atoms. The van der Waals surface area contributed by atoms with Gasteiger partial charge in [-0.2, -0.15) is 0 Å². The molecule has 6 heteroatoms. The minimum atomic E-state index is -1.05. The van der Waals surface area contributed by atoms with Gasteiger partial charge in [0.25, 0.3) is 0 Å². The van der Waals surface area contributed by atoms with Crippen LogP contribution in [0.4, 0.5) is 4.39 Å². The predicted octanol–water partition coefficient (Wildman–Crippen LogP) is 2.46. The fourth-order valence-electron chi connectivity index (χ4n) is 1.50. The molecule has 2 aromatic rings. The van der Waals surface area contributed by atoms with E-state index in [2.05, 4.69) is 26.2 Å². The fourth-order valence-corrected chi connectivity index (χ4v) is 1.90. The van der Waals surface area contributed by atoms with Crippen LogP contribution in [-0.4, -0.2) is 20.1 Å². The van der Waals surface area contributed by atoms with E-state index in [0.29, 0.717) is 11.3 Å². The molecular weight excluding hydrogens is 301 g/mol. The van der Waals surface area contributed by atoms with E-state index < -0.39 is 5.60 Å². The summed E-state index contributed by atoms with van der Waals surface area (Å²) in [5, 5.41) is 17.5. The molecule has 0 spiro atoms. The Morgan fingerprint density at radius 2 is 2.17 bits per heavy atom. The maximum atomic E-state index is 13.6. The van der Waals surface area contributed by atoms with Gasteiger partial charge in [-0.15, -0.1) is 5.10 Å². The lowest BCUT2D eigenvalue weighted by atomic mass is 10.1. The average molecular weight is 314 g/mol. The van der Waals surface area contributed by atoms with E-state index in [1.807, 2.05) is 0 Å². The largest absolute Gasteiger partial charge is 0.384 e. The third-order valence-corrected chi connectivity index (χ3v) is 3.00. The van der Waals surface area contributed by atoms with Crippen LogP contribution in [0.3, 0.4) is 0 Å². The molecule has 18 heavy (non-hydrogen) atoms. The standard InChI is InChI=1S/C12H13BrFN3O/c1-12(2,18)11-7-17(16-15-11)6-8-5-9(13)3-4-10(8)14/h3-5,7,18H,6H2,1-2H3. The van der Waals surface area contributed by atoms with Gasteiger partial charge in [-0.1, -0.05) is 21.1 Å². The van der Waals surface area contributed by atoms with Crippen LogP contribution in [0.15, 0.2) is 28.9 Å². The van der Waals surface area contributed by atoms with E-state index in [1.54, 1.807) is 32.2 Å². The number of rotatable bonds is 3. The van der Waals surface area contributed by atoms with Crippen molar-refractivity contribution < 1.29 is 9.50 Å². The van der Waals surface area contributed by atoms with Crippen LogP contribution in [0, 0.1) is 5.82 Å². The van der Waals surface area contributed by atoms with E-state index in [0.717, 1.165) is 4.47 Å². The van der Waals surface area contributed by atoms with Crippen molar-refractivity contribution in [1.82, 2.24) is 15.0 Å². The number of aromatic nitrogens is 3. The number of nitrogens with zero attached hydrogens (tertiary/aromatic N) is 3. The molecular formula is C12H13BrFN3O. The second-order valence-corrected chi connectivity index (χ2v) is 5.51. The zero-order valence-electron chi connectivity index (χ0n) is 10.1. The molecule has 1 N–H and O–H groups in total. The van der Waals surface area contributed by atoms with Gasteiger partial charge in [-0.3, -0.25) is 0 Å². The van der Waals surface area contributed by atoms with Gasteiger partial charge in [0.2, 0.25) is 0 Å². The van der Waals surface area contributed by atoms with Crippen LogP contribution in [0.1, 0.15) is 25.1 Å². The smallest absolute Gasteiger partial charge is 0.128 e. The molecule has 2 rings (SSSR count). The number of hydrogen-bond donors (Lipinski definition) is 1. The van der Waals surface area contributed by atoms with Gasteiger partial charge in [0.05, 0.1) is 12.7 Å². The minimum Gasteiger partial charge on any atom is -0.384 e. The Balaban J connectivity index is 2.24. The molecule has 0 aliphatic heterocycles. The summed E-state index contributed by atoms with van der Waals surface area (Å²) in [6, 6.07) is 4.73. The van der Waals surface area contributed by atoms with Crippen LogP contribution < -0.4 is 0 Å². The van der Waals surface area contributed by atoms with Gasteiger partial charge >= 0.3 is 0 Å². The first kappa shape index (κ1) is 13.2. The lowest BCUT2D eigenvalue weighted by Crippen LogP contribution is -2.15. The third-order valence-electron chi connectivity index (χ3n) is 2.51. The van der Waals surface area contributed by atoms with Crippen molar-refractivity contribution in [2.24, 2.45) is 0 Å². The van der Waals surface area contributed by atoms with Crippen molar-refractivity contribution in [1.29, 1.82) is 0 Å². The van der Waals surface area contributed by atoms with Gasteiger partial charge in [0.1, 0.15) is 17.1 Å². The Labute approximate surface area is 113 Å². The Morgan fingerprint density at radius 1 is 1.44 bits per heavy atom. The molecule has 0 amide bonds. The molecule has 1 heterocycles. The predicted molar refractivity (Wildman–Crippen MR) is 68.5 cm³/mol. The first-order chi connectivity index (χ1) is 8.36. The fraction of sp³-hybridized carbons (Fsp3) is 0.333. The Morgan fingerprint density at radius 3 is 2.78 bits per heavy atom. The number of halogens is 2. The molecule has 0 saturated heterocycles. The molecule has 0 fully saturated rings. The first-order valence-electron chi connectivity index (χ1n) is 5.43. The van der Waals surface area contributed by atoms with Gasteiger partial charge in [0, 0.05) is 10.0 Å². The highest BCUT2D eigenvalue weighted by molar-refractivity contribution is 9.10. The van der Waals surface area contributed by atoms with E-state index in [4.69, 9.17) is 0 Å². The van der Waals surface area contributed by atoms with Crippen LogP contribution in [0.25, 0.3) is 0 Å². The third kappa shape index (κ3) is 2.94. The summed E-state index contributed by atoms with van der Waals surface area (Å²) in [5.41, 5.74) is -0.0804. The van der Waals surface area contributed by atoms with E-state index >= 15 is 0 Å². The summed E-state index contributed by atoms with van der Waals surface area (Å²) in [4.78, 5) is 0. The summed E-state index contributed by atoms with van der Waals surface area (Å²) in [7, 11) is 0. The number of benzene rings is 1. The zero-order valence-corrected chi connectivity index (χ0v) is 11.6. The summed E-state index contributed by atoms with van der Waals surface area (Å²) in [5.74, 6) is -0.293. The monoisotopic (exact) mass is 313 g/mol. The highest BCUT2D eigenvalue weighted by Gasteiger charge is 2.20. The molecule has 0 aliphatic rings. The van der Waals surface area contributed by atoms with Gasteiger partial charge in [-0.05, 0) is 32.0 Å². The van der Waals surface area contributed by atoms with E-state index in [1.165, 1.54) is 10.7 Å². The second-order valence-electron chi connectivity index (χ2n) is 4.60. The van der Waals surface area contributed by atoms with Crippen molar-refractivity contribution in [2.45, 2.75) is 26.0 Å². The molecule has 0 atom stereocenters. The van der Waals surface area contributed by atoms with Crippen LogP contribution in [-0.2, 0) is 12.1 Å². The van der Waals surface area contributed by atoms with Crippen LogP contribution in [0.5, 0.6) is 0 Å². The van der Waals surface area contributed by atoms with Crippen molar-refractivity contribution in [3.05, 3.63) is 45.9 Å². The van der Waals surface area contributed by atoms with Crippen molar-refractivity contribution >= 4 is 15.9 Å². The molecule has 0 aliphatic carbocycles. The molecule has 0 unspecified atom stereocenters. The highest BCUT2D eigenvalue weighted by atomic mass is 79.9. The Kier molecular flexibility index (Phi) is 3.49. The maximum Gasteiger partial charge on any atom is 0.128 e. The maximum absolute atomic E-state index is 13.6. The lowest BCUT2D eigenvalue weighted by Gasteiger charge is -2.11.